The molecule has 0 aromatic rings. The van der Waals surface area contributed by atoms with Crippen LogP contribution in [0.4, 0.5) is 0 Å². The van der Waals surface area contributed by atoms with Crippen LogP contribution in [0, 0.1) is 11.3 Å². The highest BCUT2D eigenvalue weighted by atomic mass is 16.5. The fraction of sp³-hybridized carbons (Fsp3) is 0.917. The number of nitriles is 1. The summed E-state index contributed by atoms with van der Waals surface area (Å²) in [6.45, 7) is 10.7. The van der Waals surface area contributed by atoms with Crippen LogP contribution in [0.25, 0.3) is 0 Å². The molecule has 0 spiro atoms. The Hall–Kier alpha value is -0.630. The van der Waals surface area contributed by atoms with E-state index in [0.717, 1.165) is 0 Å². The average molecular weight is 228 g/mol. The summed E-state index contributed by atoms with van der Waals surface area (Å²) in [5.41, 5.74) is 4.77. The van der Waals surface area contributed by atoms with Crippen molar-refractivity contribution in [2.24, 2.45) is 5.73 Å². The van der Waals surface area contributed by atoms with E-state index in [1.807, 2.05) is 27.7 Å². The van der Waals surface area contributed by atoms with Gasteiger partial charge in [-0.2, -0.15) is 5.26 Å². The molecule has 0 saturated heterocycles. The van der Waals surface area contributed by atoms with Crippen LogP contribution in [0.1, 0.15) is 41.0 Å². The highest BCUT2D eigenvalue weighted by molar-refractivity contribution is 5.01. The lowest BCUT2D eigenvalue weighted by atomic mass is 9.98. The van der Waals surface area contributed by atoms with Crippen LogP contribution in [-0.2, 0) is 9.47 Å². The van der Waals surface area contributed by atoms with Crippen LogP contribution < -0.4 is 5.73 Å². The minimum absolute atomic E-state index is 0.0294. The standard InChI is InChI=1S/C12H24N2O2/c1-10(8-12(5,14)9-13)15-6-7-16-11(2,3)4/h10H,6-8,14H2,1-5H3. The number of hydrogen-bond acceptors (Lipinski definition) is 4. The Kier molecular flexibility index (Phi) is 5.95. The van der Waals surface area contributed by atoms with E-state index >= 15 is 0 Å². The minimum Gasteiger partial charge on any atom is -0.376 e. The molecule has 0 aromatic carbocycles. The second kappa shape index (κ2) is 6.19. The predicted octanol–water partition coefficient (Wildman–Crippen LogP) is 1.84. The predicted molar refractivity (Wildman–Crippen MR) is 63.9 cm³/mol. The molecule has 2 unspecified atom stereocenters. The van der Waals surface area contributed by atoms with E-state index < -0.39 is 5.54 Å². The van der Waals surface area contributed by atoms with Gasteiger partial charge in [-0.15, -0.1) is 0 Å². The van der Waals surface area contributed by atoms with Crippen LogP contribution in [0.2, 0.25) is 0 Å². The number of hydrogen-bond donors (Lipinski definition) is 1. The van der Waals surface area contributed by atoms with Crippen molar-refractivity contribution in [3.8, 4) is 6.07 Å². The van der Waals surface area contributed by atoms with Gasteiger partial charge in [0.2, 0.25) is 0 Å². The highest BCUT2D eigenvalue weighted by Crippen LogP contribution is 2.11. The molecule has 94 valence electrons. The van der Waals surface area contributed by atoms with E-state index in [1.165, 1.54) is 0 Å². The van der Waals surface area contributed by atoms with E-state index in [0.29, 0.717) is 19.6 Å². The topological polar surface area (TPSA) is 68.3 Å². The highest BCUT2D eigenvalue weighted by Gasteiger charge is 2.21. The Morgan fingerprint density at radius 2 is 1.81 bits per heavy atom. The van der Waals surface area contributed by atoms with Gasteiger partial charge in [-0.25, -0.2) is 0 Å². The molecular weight excluding hydrogens is 204 g/mol. The fourth-order valence-corrected chi connectivity index (χ4v) is 1.30. The normalized spacial score (nSPS) is 17.6. The van der Waals surface area contributed by atoms with Crippen molar-refractivity contribution < 1.29 is 9.47 Å². The second-order valence-electron chi connectivity index (χ2n) is 5.38. The van der Waals surface area contributed by atoms with Crippen LogP contribution >= 0.6 is 0 Å². The van der Waals surface area contributed by atoms with Gasteiger partial charge >= 0.3 is 0 Å². The summed E-state index contributed by atoms with van der Waals surface area (Å²) in [6, 6.07) is 2.05. The van der Waals surface area contributed by atoms with Gasteiger partial charge in [0.1, 0.15) is 5.54 Å². The maximum atomic E-state index is 8.77. The molecule has 0 rings (SSSR count). The van der Waals surface area contributed by atoms with Crippen LogP contribution in [0.5, 0.6) is 0 Å². The van der Waals surface area contributed by atoms with E-state index in [2.05, 4.69) is 6.07 Å². The summed E-state index contributed by atoms with van der Waals surface area (Å²) in [5.74, 6) is 0. The monoisotopic (exact) mass is 228 g/mol. The molecule has 0 amide bonds. The molecule has 0 aliphatic carbocycles. The molecule has 0 aliphatic rings. The lowest BCUT2D eigenvalue weighted by molar-refractivity contribution is -0.0512. The summed E-state index contributed by atoms with van der Waals surface area (Å²) >= 11 is 0. The van der Waals surface area contributed by atoms with Gasteiger partial charge in [0.15, 0.2) is 0 Å². The first kappa shape index (κ1) is 15.4. The van der Waals surface area contributed by atoms with Crippen molar-refractivity contribution in [1.29, 1.82) is 5.26 Å². The van der Waals surface area contributed by atoms with Crippen molar-refractivity contribution in [3.05, 3.63) is 0 Å². The summed E-state index contributed by atoms with van der Waals surface area (Å²) in [5, 5.41) is 8.77. The molecule has 2 N–H and O–H groups in total. The summed E-state index contributed by atoms with van der Waals surface area (Å²) in [6.07, 6.45) is 0.497. The SMILES string of the molecule is CC(CC(C)(N)C#N)OCCOC(C)(C)C. The molecule has 2 atom stereocenters. The first-order chi connectivity index (χ1) is 7.16. The molecule has 0 radical (unpaired) electrons. The molecule has 4 nitrogen and oxygen atoms in total. The van der Waals surface area contributed by atoms with Crippen molar-refractivity contribution >= 4 is 0 Å². The van der Waals surface area contributed by atoms with Crippen molar-refractivity contribution in [1.82, 2.24) is 0 Å². The Labute approximate surface area is 98.7 Å². The van der Waals surface area contributed by atoms with Gasteiger partial charge in [-0.1, -0.05) is 0 Å². The Bertz CT molecular complexity index is 238. The lowest BCUT2D eigenvalue weighted by Gasteiger charge is -2.23. The third-order valence-corrected chi connectivity index (χ3v) is 1.99. The Morgan fingerprint density at radius 1 is 1.25 bits per heavy atom. The molecule has 16 heavy (non-hydrogen) atoms. The summed E-state index contributed by atoms with van der Waals surface area (Å²) < 4.78 is 11.0. The smallest absolute Gasteiger partial charge is 0.103 e. The number of nitrogens with zero attached hydrogens (tertiary/aromatic N) is 1. The first-order valence-corrected chi connectivity index (χ1v) is 5.62. The van der Waals surface area contributed by atoms with Gasteiger partial charge in [-0.05, 0) is 34.6 Å². The van der Waals surface area contributed by atoms with Crippen molar-refractivity contribution in [3.63, 3.8) is 0 Å². The molecule has 0 aliphatic heterocycles. The van der Waals surface area contributed by atoms with Gasteiger partial charge < -0.3 is 15.2 Å². The van der Waals surface area contributed by atoms with Gasteiger partial charge in [-0.3, -0.25) is 0 Å². The maximum absolute atomic E-state index is 8.77. The molecule has 4 heteroatoms. The van der Waals surface area contributed by atoms with Crippen LogP contribution in [0.15, 0.2) is 0 Å². The van der Waals surface area contributed by atoms with E-state index in [9.17, 15) is 0 Å². The largest absolute Gasteiger partial charge is 0.376 e. The van der Waals surface area contributed by atoms with Crippen LogP contribution in [0.3, 0.4) is 0 Å². The third kappa shape index (κ3) is 8.66. The quantitative estimate of drug-likeness (QED) is 0.704. The number of nitrogens with two attached hydrogens (primary N) is 1. The Balaban J connectivity index is 3.68. The average Bonchev–Trinajstić information content (AvgIpc) is 2.10. The summed E-state index contributed by atoms with van der Waals surface area (Å²) in [4.78, 5) is 0. The van der Waals surface area contributed by atoms with E-state index in [-0.39, 0.29) is 11.7 Å². The molecule has 0 heterocycles. The fourth-order valence-electron chi connectivity index (χ4n) is 1.30. The zero-order valence-electron chi connectivity index (χ0n) is 11.0. The number of rotatable bonds is 6. The molecule has 0 fully saturated rings. The molecule has 0 saturated carbocycles. The van der Waals surface area contributed by atoms with E-state index in [4.69, 9.17) is 20.5 Å². The minimum atomic E-state index is -0.815. The summed E-state index contributed by atoms with van der Waals surface area (Å²) in [7, 11) is 0. The Morgan fingerprint density at radius 3 is 2.25 bits per heavy atom. The number of ether oxygens (including phenoxy) is 2. The zero-order chi connectivity index (χ0) is 12.8. The van der Waals surface area contributed by atoms with Crippen LogP contribution in [-0.4, -0.2) is 30.5 Å². The van der Waals surface area contributed by atoms with Gasteiger partial charge in [0.25, 0.3) is 0 Å². The van der Waals surface area contributed by atoms with Gasteiger partial charge in [0, 0.05) is 6.42 Å². The molecular formula is C12H24N2O2. The first-order valence-electron chi connectivity index (χ1n) is 5.62. The molecule has 0 aromatic heterocycles. The van der Waals surface area contributed by atoms with E-state index in [1.54, 1.807) is 6.92 Å². The lowest BCUT2D eigenvalue weighted by Crippen LogP contribution is -2.38. The van der Waals surface area contributed by atoms with Crippen molar-refractivity contribution in [2.75, 3.05) is 13.2 Å². The zero-order valence-corrected chi connectivity index (χ0v) is 11.0. The maximum Gasteiger partial charge on any atom is 0.103 e. The third-order valence-electron chi connectivity index (χ3n) is 1.99. The van der Waals surface area contributed by atoms with Crippen molar-refractivity contribution in [2.45, 2.75) is 58.3 Å². The second-order valence-corrected chi connectivity index (χ2v) is 5.38. The molecule has 0 bridgehead atoms. The van der Waals surface area contributed by atoms with Gasteiger partial charge in [0.05, 0.1) is 31.0 Å².